The third-order valence-corrected chi connectivity index (χ3v) is 3.46. The van der Waals surface area contributed by atoms with Gasteiger partial charge in [0.1, 0.15) is 11.6 Å². The summed E-state index contributed by atoms with van der Waals surface area (Å²) in [5, 5.41) is 13.4. The van der Waals surface area contributed by atoms with Crippen molar-refractivity contribution in [2.24, 2.45) is 0 Å². The molecule has 2 aromatic carbocycles. The number of carbonyl (C=O) groups is 1. The molecule has 1 N–H and O–H groups in total. The second-order valence-electron chi connectivity index (χ2n) is 5.29. The van der Waals surface area contributed by atoms with E-state index in [1.807, 2.05) is 0 Å². The Labute approximate surface area is 138 Å². The summed E-state index contributed by atoms with van der Waals surface area (Å²) in [7, 11) is 0. The Morgan fingerprint density at radius 3 is 2.25 bits per heavy atom. The van der Waals surface area contributed by atoms with Crippen LogP contribution in [0.1, 0.15) is 25.5 Å². The molecule has 24 heavy (non-hydrogen) atoms. The van der Waals surface area contributed by atoms with Crippen molar-refractivity contribution in [3.63, 3.8) is 0 Å². The number of rotatable bonds is 6. The Morgan fingerprint density at radius 2 is 1.71 bits per heavy atom. The lowest BCUT2D eigenvalue weighted by atomic mass is 10.1. The van der Waals surface area contributed by atoms with E-state index >= 15 is 0 Å². The molecule has 6 nitrogen and oxygen atoms in total. The third-order valence-electron chi connectivity index (χ3n) is 3.46. The number of halogens is 1. The molecule has 0 saturated carbocycles. The minimum atomic E-state index is -0.783. The number of nitro groups is 1. The first-order valence-electron chi connectivity index (χ1n) is 7.34. The lowest BCUT2D eigenvalue weighted by Gasteiger charge is -2.19. The number of nitrogens with one attached hydrogen (secondary N) is 1. The van der Waals surface area contributed by atoms with Crippen LogP contribution in [-0.4, -0.2) is 16.9 Å². The molecule has 0 spiro atoms. The van der Waals surface area contributed by atoms with Gasteiger partial charge in [-0.3, -0.25) is 14.9 Å². The zero-order chi connectivity index (χ0) is 17.7. The van der Waals surface area contributed by atoms with Crippen molar-refractivity contribution < 1.29 is 18.8 Å². The first kappa shape index (κ1) is 17.4. The van der Waals surface area contributed by atoms with E-state index in [-0.39, 0.29) is 23.5 Å². The van der Waals surface area contributed by atoms with Crippen LogP contribution in [0.5, 0.6) is 5.75 Å². The smallest absolute Gasteiger partial charge is 0.269 e. The van der Waals surface area contributed by atoms with Crippen LogP contribution >= 0.6 is 0 Å². The van der Waals surface area contributed by atoms with E-state index in [0.29, 0.717) is 5.75 Å². The van der Waals surface area contributed by atoms with Crippen LogP contribution in [0.3, 0.4) is 0 Å². The van der Waals surface area contributed by atoms with Gasteiger partial charge in [0.05, 0.1) is 11.0 Å². The molecule has 0 aliphatic rings. The monoisotopic (exact) mass is 332 g/mol. The molecule has 0 heterocycles. The molecule has 0 aliphatic carbocycles. The van der Waals surface area contributed by atoms with Gasteiger partial charge in [0.25, 0.3) is 11.6 Å². The number of hydrogen-bond acceptors (Lipinski definition) is 4. The minimum absolute atomic E-state index is 0.0515. The highest BCUT2D eigenvalue weighted by Gasteiger charge is 2.18. The Morgan fingerprint density at radius 1 is 1.12 bits per heavy atom. The van der Waals surface area contributed by atoms with Crippen LogP contribution in [0.2, 0.25) is 0 Å². The van der Waals surface area contributed by atoms with Crippen molar-refractivity contribution in [3.8, 4) is 5.75 Å². The van der Waals surface area contributed by atoms with Crippen LogP contribution < -0.4 is 10.1 Å². The van der Waals surface area contributed by atoms with E-state index in [1.54, 1.807) is 26.0 Å². The molecule has 0 bridgehead atoms. The van der Waals surface area contributed by atoms with Crippen LogP contribution in [0.25, 0.3) is 0 Å². The van der Waals surface area contributed by atoms with Crippen LogP contribution in [0, 0.1) is 15.9 Å². The summed E-state index contributed by atoms with van der Waals surface area (Å²) >= 11 is 0. The standard InChI is InChI=1S/C17H17FN2O4/c1-11(13-3-5-14(18)6-4-13)19-17(21)12(2)24-16-9-7-15(8-10-16)20(22)23/h3-12H,1-2H3,(H,19,21)/t11-,12+/m1/s1. The number of nitro benzene ring substituents is 1. The Kier molecular flexibility index (Phi) is 5.47. The van der Waals surface area contributed by atoms with Gasteiger partial charge in [-0.2, -0.15) is 0 Å². The highest BCUT2D eigenvalue weighted by molar-refractivity contribution is 5.81. The predicted octanol–water partition coefficient (Wildman–Crippen LogP) is 3.38. The summed E-state index contributed by atoms with van der Waals surface area (Å²) in [4.78, 5) is 22.2. The van der Waals surface area contributed by atoms with E-state index in [9.17, 15) is 19.3 Å². The number of nitrogens with zero attached hydrogens (tertiary/aromatic N) is 1. The topological polar surface area (TPSA) is 81.5 Å². The first-order valence-corrected chi connectivity index (χ1v) is 7.34. The number of benzene rings is 2. The van der Waals surface area contributed by atoms with E-state index in [1.165, 1.54) is 36.4 Å². The van der Waals surface area contributed by atoms with Gasteiger partial charge < -0.3 is 10.1 Å². The van der Waals surface area contributed by atoms with E-state index in [0.717, 1.165) is 5.56 Å². The molecular formula is C17H17FN2O4. The van der Waals surface area contributed by atoms with Crippen molar-refractivity contribution in [2.45, 2.75) is 26.0 Å². The Hall–Kier alpha value is -2.96. The number of amides is 1. The average molecular weight is 332 g/mol. The maximum Gasteiger partial charge on any atom is 0.269 e. The van der Waals surface area contributed by atoms with Gasteiger partial charge in [-0.25, -0.2) is 4.39 Å². The van der Waals surface area contributed by atoms with Gasteiger partial charge in [0.2, 0.25) is 0 Å². The van der Waals surface area contributed by atoms with Crippen LogP contribution in [-0.2, 0) is 4.79 Å². The zero-order valence-electron chi connectivity index (χ0n) is 13.2. The van der Waals surface area contributed by atoms with Crippen molar-refractivity contribution in [3.05, 3.63) is 70.0 Å². The highest BCUT2D eigenvalue weighted by atomic mass is 19.1. The number of ether oxygens (including phenoxy) is 1. The molecule has 0 fully saturated rings. The number of non-ortho nitro benzene ring substituents is 1. The summed E-state index contributed by atoms with van der Waals surface area (Å²) in [5.41, 5.74) is 0.719. The normalized spacial score (nSPS) is 13.0. The maximum absolute atomic E-state index is 12.9. The van der Waals surface area contributed by atoms with Crippen LogP contribution in [0.4, 0.5) is 10.1 Å². The number of hydrogen-bond donors (Lipinski definition) is 1. The van der Waals surface area contributed by atoms with E-state index in [4.69, 9.17) is 4.74 Å². The summed E-state index contributed by atoms with van der Waals surface area (Å²) in [6.07, 6.45) is -0.783. The van der Waals surface area contributed by atoms with Gasteiger partial charge in [0, 0.05) is 12.1 Å². The van der Waals surface area contributed by atoms with Crippen molar-refractivity contribution in [2.75, 3.05) is 0 Å². The third kappa shape index (κ3) is 4.52. The van der Waals surface area contributed by atoms with Crippen molar-refractivity contribution in [1.29, 1.82) is 0 Å². The molecule has 0 unspecified atom stereocenters. The highest BCUT2D eigenvalue weighted by Crippen LogP contribution is 2.19. The summed E-state index contributed by atoms with van der Waals surface area (Å²) < 4.78 is 18.4. The van der Waals surface area contributed by atoms with Crippen molar-refractivity contribution >= 4 is 11.6 Å². The fourth-order valence-corrected chi connectivity index (χ4v) is 2.07. The molecule has 0 aromatic heterocycles. The van der Waals surface area contributed by atoms with E-state index < -0.39 is 11.0 Å². The SMILES string of the molecule is C[C@H](Oc1ccc([N+](=O)[O-])cc1)C(=O)N[C@H](C)c1ccc(F)cc1. The van der Waals surface area contributed by atoms with Gasteiger partial charge in [-0.05, 0) is 43.7 Å². The molecule has 2 atom stereocenters. The first-order chi connectivity index (χ1) is 11.4. The molecular weight excluding hydrogens is 315 g/mol. The van der Waals surface area contributed by atoms with Gasteiger partial charge in [-0.1, -0.05) is 12.1 Å². The molecule has 2 rings (SSSR count). The second-order valence-corrected chi connectivity index (χ2v) is 5.29. The quantitative estimate of drug-likeness (QED) is 0.649. The largest absolute Gasteiger partial charge is 0.481 e. The summed E-state index contributed by atoms with van der Waals surface area (Å²) in [6.45, 7) is 3.36. The summed E-state index contributed by atoms with van der Waals surface area (Å²) in [5.74, 6) is -0.324. The molecule has 0 radical (unpaired) electrons. The zero-order valence-corrected chi connectivity index (χ0v) is 13.2. The minimum Gasteiger partial charge on any atom is -0.481 e. The molecule has 2 aromatic rings. The molecule has 126 valence electrons. The molecule has 7 heteroatoms. The van der Waals surface area contributed by atoms with Crippen molar-refractivity contribution in [1.82, 2.24) is 5.32 Å². The predicted molar refractivity (Wildman–Crippen MR) is 86.1 cm³/mol. The fourth-order valence-electron chi connectivity index (χ4n) is 2.07. The fraction of sp³-hybridized carbons (Fsp3) is 0.235. The lowest BCUT2D eigenvalue weighted by Crippen LogP contribution is -2.37. The summed E-state index contributed by atoms with van der Waals surface area (Å²) in [6, 6.07) is 11.0. The maximum atomic E-state index is 12.9. The molecule has 0 aliphatic heterocycles. The van der Waals surface area contributed by atoms with Crippen LogP contribution in [0.15, 0.2) is 48.5 Å². The second kappa shape index (κ2) is 7.54. The Bertz CT molecular complexity index is 716. The molecule has 0 saturated heterocycles. The van der Waals surface area contributed by atoms with Gasteiger partial charge in [-0.15, -0.1) is 0 Å². The van der Waals surface area contributed by atoms with Gasteiger partial charge >= 0.3 is 0 Å². The molecule has 1 amide bonds. The van der Waals surface area contributed by atoms with E-state index in [2.05, 4.69) is 5.32 Å². The van der Waals surface area contributed by atoms with Gasteiger partial charge in [0.15, 0.2) is 6.10 Å². The number of carbonyl (C=O) groups excluding carboxylic acids is 1. The lowest BCUT2D eigenvalue weighted by molar-refractivity contribution is -0.384. The average Bonchev–Trinajstić information content (AvgIpc) is 2.55. The Balaban J connectivity index is 1.93.